The summed E-state index contributed by atoms with van der Waals surface area (Å²) in [6.07, 6.45) is 0. The van der Waals surface area contributed by atoms with Gasteiger partial charge in [-0.25, -0.2) is 8.42 Å². The first kappa shape index (κ1) is 18.0. The molecular weight excluding hydrogens is 324 g/mol. The zero-order chi connectivity index (χ0) is 17.9. The minimum absolute atomic E-state index is 0.163. The number of benzene rings is 2. The summed E-state index contributed by atoms with van der Waals surface area (Å²) in [5.41, 5.74) is 3.33. The Morgan fingerprint density at radius 3 is 2.00 bits per heavy atom. The number of likely N-dealkylation sites (N-methyl/N-ethyl adjacent to an activating group) is 1. The summed E-state index contributed by atoms with van der Waals surface area (Å²) in [6.45, 7) is 5.42. The molecule has 0 fully saturated rings. The van der Waals surface area contributed by atoms with E-state index in [0.717, 1.165) is 21.0 Å². The Hall–Kier alpha value is -2.34. The van der Waals surface area contributed by atoms with E-state index in [2.05, 4.69) is 5.32 Å². The maximum Gasteiger partial charge on any atom is 0.264 e. The number of nitrogens with one attached hydrogen (secondary N) is 1. The second-order valence-electron chi connectivity index (χ2n) is 5.84. The lowest BCUT2D eigenvalue weighted by Crippen LogP contribution is -2.39. The quantitative estimate of drug-likeness (QED) is 0.905. The van der Waals surface area contributed by atoms with E-state index < -0.39 is 10.0 Å². The summed E-state index contributed by atoms with van der Waals surface area (Å²) in [7, 11) is -2.35. The van der Waals surface area contributed by atoms with Gasteiger partial charge in [0.1, 0.15) is 6.54 Å². The summed E-state index contributed by atoms with van der Waals surface area (Å²) in [4.78, 5) is 12.0. The zero-order valence-corrected chi connectivity index (χ0v) is 15.1. The normalized spacial score (nSPS) is 11.2. The van der Waals surface area contributed by atoms with E-state index in [-0.39, 0.29) is 17.3 Å². The smallest absolute Gasteiger partial charge is 0.264 e. The van der Waals surface area contributed by atoms with Gasteiger partial charge in [0.25, 0.3) is 10.0 Å². The third-order valence-corrected chi connectivity index (χ3v) is 5.46. The first-order valence-electron chi connectivity index (χ1n) is 7.62. The van der Waals surface area contributed by atoms with E-state index >= 15 is 0 Å². The number of anilines is 1. The molecule has 2 aromatic rings. The van der Waals surface area contributed by atoms with Crippen molar-refractivity contribution >= 4 is 21.6 Å². The summed E-state index contributed by atoms with van der Waals surface area (Å²) in [6, 6.07) is 12.1. The van der Waals surface area contributed by atoms with Gasteiger partial charge in [0, 0.05) is 7.05 Å². The van der Waals surface area contributed by atoms with Gasteiger partial charge in [-0.15, -0.1) is 0 Å². The number of aryl methyl sites for hydroxylation is 3. The number of hydrogen-bond acceptors (Lipinski definition) is 3. The molecule has 2 aromatic carbocycles. The highest BCUT2D eigenvalue weighted by Crippen LogP contribution is 2.26. The Labute approximate surface area is 143 Å². The average Bonchev–Trinajstić information content (AvgIpc) is 2.51. The maximum absolute atomic E-state index is 13.1. The van der Waals surface area contributed by atoms with E-state index in [1.807, 2.05) is 26.8 Å². The van der Waals surface area contributed by atoms with Crippen LogP contribution in [0.4, 0.5) is 5.69 Å². The Morgan fingerprint density at radius 1 is 0.958 bits per heavy atom. The summed E-state index contributed by atoms with van der Waals surface area (Å²) >= 11 is 0. The van der Waals surface area contributed by atoms with Crippen LogP contribution < -0.4 is 9.62 Å². The molecule has 0 atom stereocenters. The molecule has 1 amide bonds. The second-order valence-corrected chi connectivity index (χ2v) is 7.71. The lowest BCUT2D eigenvalue weighted by Gasteiger charge is -2.24. The van der Waals surface area contributed by atoms with Crippen LogP contribution in [0.5, 0.6) is 0 Å². The van der Waals surface area contributed by atoms with E-state index in [4.69, 9.17) is 0 Å². The zero-order valence-electron chi connectivity index (χ0n) is 14.3. The highest BCUT2D eigenvalue weighted by molar-refractivity contribution is 7.92. The number of rotatable bonds is 5. The van der Waals surface area contributed by atoms with E-state index in [1.165, 1.54) is 7.05 Å². The third-order valence-electron chi connectivity index (χ3n) is 3.67. The van der Waals surface area contributed by atoms with Crippen molar-refractivity contribution in [1.82, 2.24) is 5.32 Å². The lowest BCUT2D eigenvalue weighted by molar-refractivity contribution is -0.119. The number of sulfonamides is 1. The van der Waals surface area contributed by atoms with Crippen LogP contribution in [0, 0.1) is 20.8 Å². The molecule has 0 aliphatic heterocycles. The molecule has 0 aromatic heterocycles. The molecule has 1 N–H and O–H groups in total. The van der Waals surface area contributed by atoms with Crippen molar-refractivity contribution in [2.24, 2.45) is 0 Å². The molecule has 5 nitrogen and oxygen atoms in total. The molecule has 0 bridgehead atoms. The summed E-state index contributed by atoms with van der Waals surface area (Å²) < 4.78 is 27.3. The van der Waals surface area contributed by atoms with Crippen molar-refractivity contribution in [3.63, 3.8) is 0 Å². The fourth-order valence-electron chi connectivity index (χ4n) is 2.46. The molecule has 0 heterocycles. The molecule has 0 aliphatic carbocycles. The van der Waals surface area contributed by atoms with Gasteiger partial charge in [-0.1, -0.05) is 23.8 Å². The lowest BCUT2D eigenvalue weighted by atomic mass is 10.1. The molecule has 0 unspecified atom stereocenters. The van der Waals surface area contributed by atoms with Gasteiger partial charge in [-0.3, -0.25) is 9.10 Å². The number of carbonyl (C=O) groups excluding carboxylic acids is 1. The van der Waals surface area contributed by atoms with Gasteiger partial charge in [0.2, 0.25) is 5.91 Å². The van der Waals surface area contributed by atoms with Gasteiger partial charge < -0.3 is 5.32 Å². The Kier molecular flexibility index (Phi) is 5.29. The Bertz CT molecular complexity index is 823. The fourth-order valence-corrected chi connectivity index (χ4v) is 3.86. The van der Waals surface area contributed by atoms with Gasteiger partial charge in [-0.05, 0) is 56.2 Å². The number of hydrogen-bond donors (Lipinski definition) is 1. The predicted molar refractivity (Wildman–Crippen MR) is 95.7 cm³/mol. The molecule has 2 rings (SSSR count). The fraction of sp³-hybridized carbons (Fsp3) is 0.278. The van der Waals surface area contributed by atoms with Crippen LogP contribution in [-0.4, -0.2) is 27.9 Å². The van der Waals surface area contributed by atoms with Crippen molar-refractivity contribution in [1.29, 1.82) is 0 Å². The van der Waals surface area contributed by atoms with Gasteiger partial charge in [0.15, 0.2) is 0 Å². The van der Waals surface area contributed by atoms with Crippen molar-refractivity contribution in [2.75, 3.05) is 17.9 Å². The first-order valence-corrected chi connectivity index (χ1v) is 9.06. The largest absolute Gasteiger partial charge is 0.358 e. The molecule has 24 heavy (non-hydrogen) atoms. The molecule has 0 aliphatic rings. The topological polar surface area (TPSA) is 66.5 Å². The number of nitrogens with zero attached hydrogens (tertiary/aromatic N) is 1. The SMILES string of the molecule is CNC(=O)CN(c1cc(C)cc(C)c1)S(=O)(=O)c1ccc(C)cc1. The molecule has 0 saturated carbocycles. The second kappa shape index (κ2) is 7.05. The van der Waals surface area contributed by atoms with Crippen LogP contribution in [0.15, 0.2) is 47.4 Å². The minimum Gasteiger partial charge on any atom is -0.358 e. The third kappa shape index (κ3) is 3.94. The highest BCUT2D eigenvalue weighted by Gasteiger charge is 2.27. The molecule has 0 spiro atoms. The van der Waals surface area contributed by atoms with E-state index in [9.17, 15) is 13.2 Å². The van der Waals surface area contributed by atoms with Gasteiger partial charge in [0.05, 0.1) is 10.6 Å². The van der Waals surface area contributed by atoms with E-state index in [0.29, 0.717) is 5.69 Å². The monoisotopic (exact) mass is 346 g/mol. The van der Waals surface area contributed by atoms with E-state index in [1.54, 1.807) is 36.4 Å². The van der Waals surface area contributed by atoms with Crippen molar-refractivity contribution in [3.05, 3.63) is 59.2 Å². The number of carbonyl (C=O) groups is 1. The van der Waals surface area contributed by atoms with Crippen LogP contribution in [0.2, 0.25) is 0 Å². The summed E-state index contributed by atoms with van der Waals surface area (Å²) in [5.74, 6) is -0.371. The van der Waals surface area contributed by atoms with Gasteiger partial charge in [-0.2, -0.15) is 0 Å². The van der Waals surface area contributed by atoms with Gasteiger partial charge >= 0.3 is 0 Å². The average molecular weight is 346 g/mol. The first-order chi connectivity index (χ1) is 11.2. The minimum atomic E-state index is -3.84. The maximum atomic E-state index is 13.1. The molecule has 0 radical (unpaired) electrons. The molecule has 128 valence electrons. The highest BCUT2D eigenvalue weighted by atomic mass is 32.2. The Morgan fingerprint density at radius 2 is 1.50 bits per heavy atom. The summed E-state index contributed by atoms with van der Waals surface area (Å²) in [5, 5.41) is 2.48. The van der Waals surface area contributed by atoms with Crippen LogP contribution in [-0.2, 0) is 14.8 Å². The van der Waals surface area contributed by atoms with Crippen LogP contribution in [0.25, 0.3) is 0 Å². The molecular formula is C18H22N2O3S. The Balaban J connectivity index is 2.56. The van der Waals surface area contributed by atoms with Crippen LogP contribution >= 0.6 is 0 Å². The van der Waals surface area contributed by atoms with Crippen molar-refractivity contribution in [3.8, 4) is 0 Å². The molecule has 0 saturated heterocycles. The van der Waals surface area contributed by atoms with Crippen LogP contribution in [0.1, 0.15) is 16.7 Å². The standard InChI is InChI=1S/C18H22N2O3S/c1-13-5-7-17(8-6-13)24(22,23)20(12-18(21)19-4)16-10-14(2)9-15(3)11-16/h5-11H,12H2,1-4H3,(H,19,21). The van der Waals surface area contributed by atoms with Crippen molar-refractivity contribution < 1.29 is 13.2 Å². The number of amides is 1. The van der Waals surface area contributed by atoms with Crippen LogP contribution in [0.3, 0.4) is 0 Å². The van der Waals surface area contributed by atoms with Crippen molar-refractivity contribution in [2.45, 2.75) is 25.7 Å². The molecule has 6 heteroatoms. The predicted octanol–water partition coefficient (Wildman–Crippen LogP) is 2.55.